The molecule has 1 aliphatic rings. The van der Waals surface area contributed by atoms with Crippen LogP contribution in [0.5, 0.6) is 0 Å². The zero-order valence-electron chi connectivity index (χ0n) is 10.8. The van der Waals surface area contributed by atoms with Crippen molar-refractivity contribution in [3.05, 3.63) is 12.4 Å². The Morgan fingerprint density at radius 2 is 2.44 bits per heavy atom. The molecule has 2 heterocycles. The highest BCUT2D eigenvalue weighted by Gasteiger charge is 2.26. The topological polar surface area (TPSA) is 77.0 Å². The van der Waals surface area contributed by atoms with Crippen molar-refractivity contribution in [1.82, 2.24) is 19.9 Å². The third-order valence-corrected chi connectivity index (χ3v) is 3.50. The summed E-state index contributed by atoms with van der Waals surface area (Å²) < 4.78 is 1.83. The van der Waals surface area contributed by atoms with Crippen molar-refractivity contribution < 1.29 is 4.79 Å². The Balaban J connectivity index is 1.90. The maximum Gasteiger partial charge on any atom is 0.239 e. The summed E-state index contributed by atoms with van der Waals surface area (Å²) in [6.07, 6.45) is 6.41. The third-order valence-electron chi connectivity index (χ3n) is 3.50. The zero-order valence-corrected chi connectivity index (χ0v) is 10.8. The van der Waals surface area contributed by atoms with E-state index in [-0.39, 0.29) is 11.9 Å². The van der Waals surface area contributed by atoms with E-state index in [4.69, 9.17) is 5.73 Å². The van der Waals surface area contributed by atoms with Gasteiger partial charge in [-0.1, -0.05) is 12.1 Å². The minimum atomic E-state index is -0.352. The number of nitrogens with zero attached hydrogens (tertiary/aromatic N) is 4. The van der Waals surface area contributed by atoms with E-state index >= 15 is 0 Å². The van der Waals surface area contributed by atoms with Crippen molar-refractivity contribution in [1.29, 1.82) is 0 Å². The van der Waals surface area contributed by atoms with Gasteiger partial charge in [0, 0.05) is 25.8 Å². The maximum atomic E-state index is 12.0. The lowest BCUT2D eigenvalue weighted by molar-refractivity contribution is -0.134. The van der Waals surface area contributed by atoms with Crippen LogP contribution in [0.3, 0.4) is 0 Å². The highest BCUT2D eigenvalue weighted by molar-refractivity contribution is 5.81. The van der Waals surface area contributed by atoms with E-state index in [1.54, 1.807) is 6.20 Å². The molecule has 1 aliphatic heterocycles. The van der Waals surface area contributed by atoms with Gasteiger partial charge in [0.1, 0.15) is 0 Å². The molecule has 2 atom stereocenters. The van der Waals surface area contributed by atoms with Gasteiger partial charge in [-0.15, -0.1) is 5.10 Å². The van der Waals surface area contributed by atoms with Crippen LogP contribution in [-0.4, -0.2) is 44.9 Å². The summed E-state index contributed by atoms with van der Waals surface area (Å²) >= 11 is 0. The molecular formula is C12H21N5O. The van der Waals surface area contributed by atoms with Gasteiger partial charge < -0.3 is 10.6 Å². The first-order valence-corrected chi connectivity index (χ1v) is 6.59. The van der Waals surface area contributed by atoms with Gasteiger partial charge in [0.05, 0.1) is 12.2 Å². The maximum absolute atomic E-state index is 12.0. The second-order valence-electron chi connectivity index (χ2n) is 4.93. The van der Waals surface area contributed by atoms with Gasteiger partial charge in [0.15, 0.2) is 0 Å². The van der Waals surface area contributed by atoms with Crippen molar-refractivity contribution >= 4 is 5.91 Å². The number of carbonyl (C=O) groups is 1. The summed E-state index contributed by atoms with van der Waals surface area (Å²) in [7, 11) is 0. The highest BCUT2D eigenvalue weighted by atomic mass is 16.2. The van der Waals surface area contributed by atoms with Crippen LogP contribution in [-0.2, 0) is 11.3 Å². The number of hydrogen-bond donors (Lipinski definition) is 1. The third kappa shape index (κ3) is 3.07. The fourth-order valence-electron chi connectivity index (χ4n) is 2.42. The van der Waals surface area contributed by atoms with Crippen LogP contribution < -0.4 is 5.73 Å². The Kier molecular flexibility index (Phi) is 4.30. The number of rotatable bonds is 4. The Bertz CT molecular complexity index is 378. The van der Waals surface area contributed by atoms with Crippen molar-refractivity contribution in [2.24, 2.45) is 11.7 Å². The largest absolute Gasteiger partial charge is 0.341 e. The molecule has 0 spiro atoms. The summed E-state index contributed by atoms with van der Waals surface area (Å²) in [6.45, 7) is 4.39. The van der Waals surface area contributed by atoms with Crippen LogP contribution in [0, 0.1) is 5.92 Å². The summed E-state index contributed by atoms with van der Waals surface area (Å²) in [5.74, 6) is 0.536. The molecule has 6 nitrogen and oxygen atoms in total. The van der Waals surface area contributed by atoms with Crippen LogP contribution in [0.4, 0.5) is 0 Å². The predicted octanol–water partition coefficient (Wildman–Crippen LogP) is 0.254. The molecule has 1 aromatic rings. The summed E-state index contributed by atoms with van der Waals surface area (Å²) in [6, 6.07) is -0.352. The van der Waals surface area contributed by atoms with E-state index in [9.17, 15) is 4.79 Å². The molecule has 0 unspecified atom stereocenters. The first-order chi connectivity index (χ1) is 8.70. The van der Waals surface area contributed by atoms with E-state index in [1.807, 2.05) is 22.7 Å². The minimum Gasteiger partial charge on any atom is -0.341 e. The average Bonchev–Trinajstić information content (AvgIpc) is 2.90. The number of nitrogens with two attached hydrogens (primary N) is 1. The predicted molar refractivity (Wildman–Crippen MR) is 67.6 cm³/mol. The average molecular weight is 251 g/mol. The Hall–Kier alpha value is -1.43. The number of piperidine rings is 1. The quantitative estimate of drug-likeness (QED) is 0.832. The summed E-state index contributed by atoms with van der Waals surface area (Å²) in [4.78, 5) is 13.9. The molecule has 0 aromatic carbocycles. The van der Waals surface area contributed by atoms with Crippen LogP contribution in [0.2, 0.25) is 0 Å². The minimum absolute atomic E-state index is 0.0841. The standard InChI is InChI=1S/C12H21N5O/c1-2-11(13)12(18)16-6-3-4-10(8-16)9-17-7-5-14-15-17/h5,7,10-11H,2-4,6,8-9,13H2,1H3/t10-,11-/m0/s1. The number of carbonyl (C=O) groups excluding carboxylic acids is 1. The van der Waals surface area contributed by atoms with Gasteiger partial charge in [0.25, 0.3) is 0 Å². The number of likely N-dealkylation sites (tertiary alicyclic amines) is 1. The molecule has 6 heteroatoms. The van der Waals surface area contributed by atoms with E-state index in [0.29, 0.717) is 12.3 Å². The van der Waals surface area contributed by atoms with Gasteiger partial charge in [0.2, 0.25) is 5.91 Å². The molecule has 2 N–H and O–H groups in total. The van der Waals surface area contributed by atoms with Crippen molar-refractivity contribution in [2.45, 2.75) is 38.8 Å². The number of hydrogen-bond acceptors (Lipinski definition) is 4. The highest BCUT2D eigenvalue weighted by Crippen LogP contribution is 2.18. The lowest BCUT2D eigenvalue weighted by atomic mass is 9.97. The molecule has 18 heavy (non-hydrogen) atoms. The van der Waals surface area contributed by atoms with Gasteiger partial charge >= 0.3 is 0 Å². The second-order valence-corrected chi connectivity index (χ2v) is 4.93. The lowest BCUT2D eigenvalue weighted by Crippen LogP contribution is -2.48. The molecule has 0 saturated carbocycles. The SMILES string of the molecule is CC[C@H](N)C(=O)N1CCC[C@H](Cn2ccnn2)C1. The van der Waals surface area contributed by atoms with Crippen LogP contribution in [0.1, 0.15) is 26.2 Å². The van der Waals surface area contributed by atoms with Crippen LogP contribution in [0.15, 0.2) is 12.4 Å². The first-order valence-electron chi connectivity index (χ1n) is 6.59. The van der Waals surface area contributed by atoms with E-state index in [2.05, 4.69) is 10.3 Å². The van der Waals surface area contributed by atoms with Gasteiger partial charge in [-0.3, -0.25) is 9.48 Å². The summed E-state index contributed by atoms with van der Waals surface area (Å²) in [5.41, 5.74) is 5.81. The molecule has 2 rings (SSSR count). The van der Waals surface area contributed by atoms with Gasteiger partial charge in [-0.05, 0) is 25.2 Å². The van der Waals surface area contributed by atoms with Crippen molar-refractivity contribution in [2.75, 3.05) is 13.1 Å². The molecular weight excluding hydrogens is 230 g/mol. The Labute approximate surface area is 107 Å². The van der Waals surface area contributed by atoms with Gasteiger partial charge in [-0.2, -0.15) is 0 Å². The van der Waals surface area contributed by atoms with E-state index in [1.165, 1.54) is 0 Å². The monoisotopic (exact) mass is 251 g/mol. The molecule has 0 aliphatic carbocycles. The summed E-state index contributed by atoms with van der Waals surface area (Å²) in [5, 5.41) is 7.77. The van der Waals surface area contributed by atoms with E-state index in [0.717, 1.165) is 32.5 Å². The van der Waals surface area contributed by atoms with Gasteiger partial charge in [-0.25, -0.2) is 0 Å². The smallest absolute Gasteiger partial charge is 0.239 e. The normalized spacial score (nSPS) is 21.9. The zero-order chi connectivity index (χ0) is 13.0. The molecule has 0 bridgehead atoms. The fraction of sp³-hybridized carbons (Fsp3) is 0.750. The first kappa shape index (κ1) is 13.0. The molecule has 1 amide bonds. The number of aromatic nitrogens is 3. The van der Waals surface area contributed by atoms with E-state index < -0.39 is 0 Å². The molecule has 0 radical (unpaired) electrons. The van der Waals surface area contributed by atoms with Crippen LogP contribution in [0.25, 0.3) is 0 Å². The molecule has 1 aromatic heterocycles. The lowest BCUT2D eigenvalue weighted by Gasteiger charge is -2.34. The van der Waals surface area contributed by atoms with Crippen molar-refractivity contribution in [3.8, 4) is 0 Å². The molecule has 1 saturated heterocycles. The van der Waals surface area contributed by atoms with Crippen molar-refractivity contribution in [3.63, 3.8) is 0 Å². The van der Waals surface area contributed by atoms with Crippen LogP contribution >= 0.6 is 0 Å². The molecule has 1 fully saturated rings. The number of amides is 1. The fourth-order valence-corrected chi connectivity index (χ4v) is 2.42. The Morgan fingerprint density at radius 1 is 1.61 bits per heavy atom. The molecule has 100 valence electrons. The second kappa shape index (κ2) is 5.95. The Morgan fingerprint density at radius 3 is 3.11 bits per heavy atom.